The van der Waals surface area contributed by atoms with Gasteiger partial charge >= 0.3 is 6.03 Å². The molecule has 0 spiro atoms. The average molecular weight is 320 g/mol. The second-order valence-electron chi connectivity index (χ2n) is 5.71. The van der Waals surface area contributed by atoms with Crippen LogP contribution in [-0.2, 0) is 7.05 Å². The van der Waals surface area contributed by atoms with Gasteiger partial charge in [0.25, 0.3) is 0 Å². The van der Waals surface area contributed by atoms with E-state index in [4.69, 9.17) is 0 Å². The highest BCUT2D eigenvalue weighted by molar-refractivity contribution is 5.89. The number of aromatic nitrogens is 2. The van der Waals surface area contributed by atoms with Crippen LogP contribution in [0.25, 0.3) is 0 Å². The third-order valence-electron chi connectivity index (χ3n) is 3.80. The van der Waals surface area contributed by atoms with E-state index in [1.807, 2.05) is 79.3 Å². The number of benzene rings is 2. The molecule has 0 aliphatic heterocycles. The maximum absolute atomic E-state index is 12.5. The van der Waals surface area contributed by atoms with Gasteiger partial charge in [0.15, 0.2) is 0 Å². The van der Waals surface area contributed by atoms with Gasteiger partial charge in [0, 0.05) is 25.1 Å². The topological polar surface area (TPSA) is 59.0 Å². The quantitative estimate of drug-likeness (QED) is 0.771. The van der Waals surface area contributed by atoms with Gasteiger partial charge in [-0.25, -0.2) is 9.78 Å². The fraction of sp³-hybridized carbons (Fsp3) is 0.158. The maximum atomic E-state index is 12.5. The molecule has 2 aromatic carbocycles. The van der Waals surface area contributed by atoms with Crippen molar-refractivity contribution in [3.63, 3.8) is 0 Å². The monoisotopic (exact) mass is 320 g/mol. The van der Waals surface area contributed by atoms with E-state index in [9.17, 15) is 4.79 Å². The molecular weight excluding hydrogens is 300 g/mol. The second kappa shape index (κ2) is 7.00. The number of urea groups is 1. The summed E-state index contributed by atoms with van der Waals surface area (Å²) in [6, 6.07) is 16.9. The van der Waals surface area contributed by atoms with Gasteiger partial charge in [0.05, 0.1) is 0 Å². The Kier molecular flexibility index (Phi) is 4.61. The Bertz CT molecular complexity index is 826. The molecule has 0 fully saturated rings. The predicted molar refractivity (Wildman–Crippen MR) is 94.8 cm³/mol. The molecule has 0 aliphatic rings. The molecule has 0 saturated carbocycles. The molecule has 2 N–H and O–H groups in total. The Balaban J connectivity index is 1.82. The molecule has 3 rings (SSSR count). The molecule has 122 valence electrons. The summed E-state index contributed by atoms with van der Waals surface area (Å²) in [5.74, 6) is 0.778. The van der Waals surface area contributed by atoms with Crippen LogP contribution in [-0.4, -0.2) is 15.6 Å². The minimum Gasteiger partial charge on any atom is -0.336 e. The summed E-state index contributed by atoms with van der Waals surface area (Å²) in [4.78, 5) is 16.8. The SMILES string of the molecule is Cc1cccc(NC(=O)N[C@@H](c2ccccc2)c2nccn2C)c1. The standard InChI is InChI=1S/C19H20N4O/c1-14-7-6-10-16(13-14)21-19(24)22-17(15-8-4-3-5-9-15)18-20-11-12-23(18)2/h3-13,17H,1-2H3,(H2,21,22,24)/t17-/m0/s1. The maximum Gasteiger partial charge on any atom is 0.320 e. The van der Waals surface area contributed by atoms with Crippen molar-refractivity contribution in [3.05, 3.63) is 83.9 Å². The number of anilines is 1. The molecule has 0 saturated heterocycles. The fourth-order valence-corrected chi connectivity index (χ4v) is 2.62. The molecule has 3 aromatic rings. The molecule has 1 heterocycles. The number of carbonyl (C=O) groups is 1. The van der Waals surface area contributed by atoms with Crippen LogP contribution in [0.15, 0.2) is 67.0 Å². The van der Waals surface area contributed by atoms with Gasteiger partial charge in [-0.05, 0) is 30.2 Å². The summed E-state index contributed by atoms with van der Waals surface area (Å²) in [5.41, 5.74) is 2.84. The van der Waals surface area contributed by atoms with E-state index in [2.05, 4.69) is 15.6 Å². The van der Waals surface area contributed by atoms with E-state index in [1.54, 1.807) is 6.20 Å². The number of aryl methyl sites for hydroxylation is 2. The Labute approximate surface area is 141 Å². The van der Waals surface area contributed by atoms with Crippen LogP contribution < -0.4 is 10.6 Å². The minimum atomic E-state index is -0.323. The number of nitrogens with one attached hydrogen (secondary N) is 2. The summed E-state index contributed by atoms with van der Waals surface area (Å²) in [6.07, 6.45) is 3.59. The zero-order valence-electron chi connectivity index (χ0n) is 13.7. The van der Waals surface area contributed by atoms with Crippen molar-refractivity contribution < 1.29 is 4.79 Å². The van der Waals surface area contributed by atoms with E-state index >= 15 is 0 Å². The number of rotatable bonds is 4. The van der Waals surface area contributed by atoms with Crippen molar-refractivity contribution in [1.82, 2.24) is 14.9 Å². The first-order valence-corrected chi connectivity index (χ1v) is 7.80. The van der Waals surface area contributed by atoms with Crippen LogP contribution >= 0.6 is 0 Å². The number of carbonyl (C=O) groups excluding carboxylic acids is 1. The van der Waals surface area contributed by atoms with Crippen molar-refractivity contribution in [1.29, 1.82) is 0 Å². The van der Waals surface area contributed by atoms with Crippen LogP contribution in [0.1, 0.15) is 23.0 Å². The Morgan fingerprint density at radius 3 is 2.58 bits per heavy atom. The average Bonchev–Trinajstić information content (AvgIpc) is 2.99. The first kappa shape index (κ1) is 15.8. The van der Waals surface area contributed by atoms with E-state index < -0.39 is 0 Å². The van der Waals surface area contributed by atoms with E-state index in [0.29, 0.717) is 0 Å². The molecule has 0 radical (unpaired) electrons. The summed E-state index contributed by atoms with van der Waals surface area (Å²) < 4.78 is 1.91. The third-order valence-corrected chi connectivity index (χ3v) is 3.80. The smallest absolute Gasteiger partial charge is 0.320 e. The largest absolute Gasteiger partial charge is 0.336 e. The van der Waals surface area contributed by atoms with Crippen LogP contribution in [0.2, 0.25) is 0 Å². The highest BCUT2D eigenvalue weighted by Crippen LogP contribution is 2.20. The normalized spacial score (nSPS) is 11.8. The van der Waals surface area contributed by atoms with Gasteiger partial charge in [-0.1, -0.05) is 42.5 Å². The highest BCUT2D eigenvalue weighted by Gasteiger charge is 2.20. The molecule has 1 aromatic heterocycles. The van der Waals surface area contributed by atoms with E-state index in [0.717, 1.165) is 22.6 Å². The zero-order chi connectivity index (χ0) is 16.9. The van der Waals surface area contributed by atoms with Crippen molar-refractivity contribution in [2.45, 2.75) is 13.0 Å². The van der Waals surface area contributed by atoms with Crippen molar-refractivity contribution in [3.8, 4) is 0 Å². The lowest BCUT2D eigenvalue weighted by Crippen LogP contribution is -2.34. The molecule has 1 atom stereocenters. The second-order valence-corrected chi connectivity index (χ2v) is 5.71. The number of hydrogen-bond donors (Lipinski definition) is 2. The van der Waals surface area contributed by atoms with Crippen LogP contribution in [0.4, 0.5) is 10.5 Å². The Morgan fingerprint density at radius 2 is 1.92 bits per heavy atom. The summed E-state index contributed by atoms with van der Waals surface area (Å²) in [7, 11) is 1.92. The summed E-state index contributed by atoms with van der Waals surface area (Å²) >= 11 is 0. The van der Waals surface area contributed by atoms with Gasteiger partial charge in [-0.15, -0.1) is 0 Å². The number of imidazole rings is 1. The molecule has 5 heteroatoms. The van der Waals surface area contributed by atoms with Gasteiger partial charge in [0.2, 0.25) is 0 Å². The van der Waals surface area contributed by atoms with Gasteiger partial charge in [0.1, 0.15) is 11.9 Å². The molecule has 5 nitrogen and oxygen atoms in total. The van der Waals surface area contributed by atoms with Crippen molar-refractivity contribution in [2.24, 2.45) is 7.05 Å². The number of amides is 2. The lowest BCUT2D eigenvalue weighted by atomic mass is 10.1. The lowest BCUT2D eigenvalue weighted by molar-refractivity contribution is 0.249. The fourth-order valence-electron chi connectivity index (χ4n) is 2.62. The number of hydrogen-bond acceptors (Lipinski definition) is 2. The minimum absolute atomic E-state index is 0.266. The third kappa shape index (κ3) is 3.63. The summed E-state index contributed by atoms with van der Waals surface area (Å²) in [6.45, 7) is 1.99. The van der Waals surface area contributed by atoms with E-state index in [1.165, 1.54) is 0 Å². The lowest BCUT2D eigenvalue weighted by Gasteiger charge is -2.19. The summed E-state index contributed by atoms with van der Waals surface area (Å²) in [5, 5.41) is 5.89. The Morgan fingerprint density at radius 1 is 1.12 bits per heavy atom. The van der Waals surface area contributed by atoms with Gasteiger partial charge in [-0.3, -0.25) is 0 Å². The van der Waals surface area contributed by atoms with Crippen molar-refractivity contribution >= 4 is 11.7 Å². The van der Waals surface area contributed by atoms with Crippen molar-refractivity contribution in [2.75, 3.05) is 5.32 Å². The molecule has 24 heavy (non-hydrogen) atoms. The predicted octanol–water partition coefficient (Wildman–Crippen LogP) is 3.64. The molecule has 0 unspecified atom stereocenters. The van der Waals surface area contributed by atoms with Crippen LogP contribution in [0.5, 0.6) is 0 Å². The van der Waals surface area contributed by atoms with Crippen LogP contribution in [0.3, 0.4) is 0 Å². The number of nitrogens with zero attached hydrogens (tertiary/aromatic N) is 2. The first-order valence-electron chi connectivity index (χ1n) is 7.80. The van der Waals surface area contributed by atoms with Gasteiger partial charge < -0.3 is 15.2 Å². The molecular formula is C19H20N4O. The zero-order valence-corrected chi connectivity index (χ0v) is 13.7. The van der Waals surface area contributed by atoms with E-state index in [-0.39, 0.29) is 12.1 Å². The first-order chi connectivity index (χ1) is 11.6. The van der Waals surface area contributed by atoms with Crippen LogP contribution in [0, 0.1) is 6.92 Å². The molecule has 0 aliphatic carbocycles. The molecule has 2 amide bonds. The Hall–Kier alpha value is -3.08. The van der Waals surface area contributed by atoms with Gasteiger partial charge in [-0.2, -0.15) is 0 Å². The molecule has 0 bridgehead atoms. The highest BCUT2D eigenvalue weighted by atomic mass is 16.2.